The molecule has 0 saturated carbocycles. The van der Waals surface area contributed by atoms with Gasteiger partial charge in [0.05, 0.1) is 37.3 Å². The Labute approximate surface area is 244 Å². The molecule has 4 aromatic rings. The Hall–Kier alpha value is -4.49. The van der Waals surface area contributed by atoms with Crippen LogP contribution in [0.1, 0.15) is 40.7 Å². The van der Waals surface area contributed by atoms with Crippen LogP contribution < -0.4 is 10.2 Å². The molecule has 41 heavy (non-hydrogen) atoms. The van der Waals surface area contributed by atoms with E-state index in [1.807, 2.05) is 67.3 Å². The van der Waals surface area contributed by atoms with Gasteiger partial charge in [0.25, 0.3) is 5.91 Å². The number of methoxy groups -OCH3 is 1. The van der Waals surface area contributed by atoms with Gasteiger partial charge in [0.2, 0.25) is 0 Å². The fourth-order valence-electron chi connectivity index (χ4n) is 4.39. The Morgan fingerprint density at radius 1 is 1.15 bits per heavy atom. The van der Waals surface area contributed by atoms with Gasteiger partial charge in [-0.25, -0.2) is 9.78 Å². The number of benzene rings is 2. The van der Waals surface area contributed by atoms with Crippen molar-refractivity contribution >= 4 is 29.3 Å². The van der Waals surface area contributed by atoms with Gasteiger partial charge in [-0.3, -0.25) is 4.79 Å². The second-order valence-electron chi connectivity index (χ2n) is 9.38. The fourth-order valence-corrected chi connectivity index (χ4v) is 4.86. The molecule has 2 aromatic carbocycles. The number of imidazole rings is 1. The molecule has 1 N–H and O–H groups in total. The largest absolute Gasteiger partial charge is 0.467 e. The number of anilines is 1. The number of thioether (sulfide) groups is 1. The van der Waals surface area contributed by atoms with Crippen LogP contribution in [-0.4, -0.2) is 53.1 Å². The molecule has 9 nitrogen and oxygen atoms in total. The van der Waals surface area contributed by atoms with Gasteiger partial charge in [0.1, 0.15) is 11.8 Å². The smallest absolute Gasteiger partial charge is 0.328 e. The number of aromatic nitrogens is 2. The molecule has 0 fully saturated rings. The standard InChI is InChI=1S/C31H33N5O4S/c1-4-35(20-26-18-33-21-36(26)19-23-7-5-22(17-32)6-8-23)25-11-9-24(10-12-25)28-13-14-29(40-28)30(37)34-27(15-16-41-3)31(38)39-2/h5-14,18,21,27H,4,15-16,19-20H2,1-3H3,(H,34,37). The lowest BCUT2D eigenvalue weighted by Gasteiger charge is -2.24. The van der Waals surface area contributed by atoms with E-state index < -0.39 is 17.9 Å². The summed E-state index contributed by atoms with van der Waals surface area (Å²) >= 11 is 1.59. The van der Waals surface area contributed by atoms with Crippen LogP contribution in [0, 0.1) is 11.3 Å². The Balaban J connectivity index is 1.41. The van der Waals surface area contributed by atoms with Crippen molar-refractivity contribution in [3.8, 4) is 17.4 Å². The summed E-state index contributed by atoms with van der Waals surface area (Å²) in [6, 6.07) is 20.3. The number of hydrogen-bond acceptors (Lipinski definition) is 8. The van der Waals surface area contributed by atoms with Gasteiger partial charge in [-0.2, -0.15) is 17.0 Å². The first kappa shape index (κ1) is 29.5. The minimum absolute atomic E-state index is 0.132. The van der Waals surface area contributed by atoms with E-state index in [0.717, 1.165) is 29.1 Å². The summed E-state index contributed by atoms with van der Waals surface area (Å²) in [7, 11) is 1.31. The van der Waals surface area contributed by atoms with Crippen molar-refractivity contribution in [3.63, 3.8) is 0 Å². The van der Waals surface area contributed by atoms with Gasteiger partial charge < -0.3 is 23.9 Å². The lowest BCUT2D eigenvalue weighted by Crippen LogP contribution is -2.41. The number of esters is 1. The number of nitriles is 1. The van der Waals surface area contributed by atoms with Crippen molar-refractivity contribution in [1.29, 1.82) is 5.26 Å². The topological polar surface area (TPSA) is 113 Å². The van der Waals surface area contributed by atoms with E-state index in [2.05, 4.69) is 32.8 Å². The number of carbonyl (C=O) groups is 2. The highest BCUT2D eigenvalue weighted by Gasteiger charge is 2.23. The van der Waals surface area contributed by atoms with E-state index in [9.17, 15) is 9.59 Å². The number of furan rings is 1. The second kappa shape index (κ2) is 14.2. The van der Waals surface area contributed by atoms with E-state index in [1.54, 1.807) is 23.9 Å². The summed E-state index contributed by atoms with van der Waals surface area (Å²) in [4.78, 5) is 31.4. The lowest BCUT2D eigenvalue weighted by molar-refractivity contribution is -0.142. The van der Waals surface area contributed by atoms with Gasteiger partial charge in [0, 0.05) is 30.5 Å². The highest BCUT2D eigenvalue weighted by Crippen LogP contribution is 2.26. The van der Waals surface area contributed by atoms with Crippen molar-refractivity contribution in [2.75, 3.05) is 30.6 Å². The first-order valence-electron chi connectivity index (χ1n) is 13.3. The molecule has 0 spiro atoms. The summed E-state index contributed by atoms with van der Waals surface area (Å²) in [5.41, 5.74) is 4.69. The van der Waals surface area contributed by atoms with Crippen molar-refractivity contribution in [2.45, 2.75) is 32.5 Å². The van der Waals surface area contributed by atoms with E-state index in [0.29, 0.717) is 36.6 Å². The zero-order valence-corrected chi connectivity index (χ0v) is 24.2. The minimum Gasteiger partial charge on any atom is -0.467 e. The first-order chi connectivity index (χ1) is 19.9. The molecule has 0 aliphatic heterocycles. The van der Waals surface area contributed by atoms with Crippen LogP contribution in [0.4, 0.5) is 5.69 Å². The monoisotopic (exact) mass is 571 g/mol. The number of hydrogen-bond donors (Lipinski definition) is 1. The lowest BCUT2D eigenvalue weighted by atomic mass is 10.1. The van der Waals surface area contributed by atoms with Crippen LogP contribution in [0.15, 0.2) is 77.6 Å². The van der Waals surface area contributed by atoms with Gasteiger partial charge in [-0.1, -0.05) is 12.1 Å². The van der Waals surface area contributed by atoms with Gasteiger partial charge >= 0.3 is 5.97 Å². The molecule has 2 heterocycles. The van der Waals surface area contributed by atoms with Crippen molar-refractivity contribution in [3.05, 3.63) is 95.8 Å². The van der Waals surface area contributed by atoms with E-state index in [-0.39, 0.29) is 5.76 Å². The average Bonchev–Trinajstić information content (AvgIpc) is 3.68. The summed E-state index contributed by atoms with van der Waals surface area (Å²) in [6.45, 7) is 4.25. The molecule has 0 aliphatic rings. The number of amides is 1. The average molecular weight is 572 g/mol. The quantitative estimate of drug-likeness (QED) is 0.220. The molecule has 212 valence electrons. The van der Waals surface area contributed by atoms with Gasteiger partial charge in [-0.15, -0.1) is 0 Å². The van der Waals surface area contributed by atoms with E-state index >= 15 is 0 Å². The maximum absolute atomic E-state index is 12.7. The number of rotatable bonds is 13. The maximum Gasteiger partial charge on any atom is 0.328 e. The maximum atomic E-state index is 12.7. The number of carbonyl (C=O) groups excluding carboxylic acids is 2. The normalized spacial score (nSPS) is 11.5. The molecular weight excluding hydrogens is 538 g/mol. The molecule has 1 unspecified atom stereocenters. The third-order valence-corrected chi connectivity index (χ3v) is 7.36. The predicted octanol–water partition coefficient (Wildman–Crippen LogP) is 5.11. The van der Waals surface area contributed by atoms with Crippen LogP contribution in [0.3, 0.4) is 0 Å². The van der Waals surface area contributed by atoms with Crippen molar-refractivity contribution in [1.82, 2.24) is 14.9 Å². The summed E-state index contributed by atoms with van der Waals surface area (Å²) < 4.78 is 12.8. The number of ether oxygens (including phenoxy) is 1. The molecule has 1 amide bonds. The number of nitrogens with one attached hydrogen (secondary N) is 1. The summed E-state index contributed by atoms with van der Waals surface area (Å²) in [6.07, 6.45) is 6.11. The molecule has 0 saturated heterocycles. The molecule has 0 radical (unpaired) electrons. The van der Waals surface area contributed by atoms with Crippen molar-refractivity contribution < 1.29 is 18.7 Å². The number of nitrogens with zero attached hydrogens (tertiary/aromatic N) is 4. The van der Waals surface area contributed by atoms with Crippen molar-refractivity contribution in [2.24, 2.45) is 0 Å². The zero-order valence-electron chi connectivity index (χ0n) is 23.4. The third-order valence-electron chi connectivity index (χ3n) is 6.72. The second-order valence-corrected chi connectivity index (χ2v) is 10.4. The van der Waals surface area contributed by atoms with Crippen LogP contribution in [0.25, 0.3) is 11.3 Å². The van der Waals surface area contributed by atoms with E-state index in [1.165, 1.54) is 7.11 Å². The zero-order chi connectivity index (χ0) is 29.2. The van der Waals surface area contributed by atoms with Crippen LogP contribution in [-0.2, 0) is 22.6 Å². The Kier molecular flexibility index (Phi) is 10.2. The Morgan fingerprint density at radius 2 is 1.90 bits per heavy atom. The molecule has 1 atom stereocenters. The first-order valence-corrected chi connectivity index (χ1v) is 14.7. The molecule has 4 rings (SSSR count). The summed E-state index contributed by atoms with van der Waals surface area (Å²) in [5.74, 6) is 0.466. The van der Waals surface area contributed by atoms with Gasteiger partial charge in [0.15, 0.2) is 5.76 Å². The highest BCUT2D eigenvalue weighted by molar-refractivity contribution is 7.98. The van der Waals surface area contributed by atoms with E-state index in [4.69, 9.17) is 14.4 Å². The van der Waals surface area contributed by atoms with Gasteiger partial charge in [-0.05, 0) is 79.4 Å². The molecular formula is C31H33N5O4S. The highest BCUT2D eigenvalue weighted by atomic mass is 32.2. The van der Waals surface area contributed by atoms with Crippen LogP contribution in [0.5, 0.6) is 0 Å². The molecule has 10 heteroatoms. The third kappa shape index (κ3) is 7.58. The Bertz CT molecular complexity index is 1490. The predicted molar refractivity (Wildman–Crippen MR) is 160 cm³/mol. The van der Waals surface area contributed by atoms with Crippen LogP contribution in [0.2, 0.25) is 0 Å². The van der Waals surface area contributed by atoms with Crippen LogP contribution >= 0.6 is 11.8 Å². The molecule has 2 aromatic heterocycles. The fraction of sp³-hybridized carbons (Fsp3) is 0.290. The SMILES string of the molecule is CCN(Cc1cncn1Cc1ccc(C#N)cc1)c1ccc(-c2ccc(C(=O)NC(CCSC)C(=O)OC)o2)cc1. The molecule has 0 bridgehead atoms. The molecule has 0 aliphatic carbocycles. The minimum atomic E-state index is -0.728. The summed E-state index contributed by atoms with van der Waals surface area (Å²) in [5, 5.41) is 11.8. The Morgan fingerprint density at radius 3 is 2.56 bits per heavy atom.